The SMILES string of the molecule is CC(C)(CC(=O)NC(Cc1ccccc1)C(=O)O)C(F)(F)F. The molecule has 0 radical (unpaired) electrons. The number of aliphatic carboxylic acids is 1. The molecular weight excluding hydrogens is 299 g/mol. The van der Waals surface area contributed by atoms with E-state index in [1.165, 1.54) is 0 Å². The first-order chi connectivity index (χ1) is 10.0. The number of nitrogens with one attached hydrogen (secondary N) is 1. The van der Waals surface area contributed by atoms with Crippen LogP contribution in [0.15, 0.2) is 30.3 Å². The number of hydrogen-bond acceptors (Lipinski definition) is 2. The maximum absolute atomic E-state index is 12.7. The number of alkyl halides is 3. The molecule has 0 saturated carbocycles. The van der Waals surface area contributed by atoms with Crippen LogP contribution in [0.1, 0.15) is 25.8 Å². The van der Waals surface area contributed by atoms with Crippen LogP contribution in [0, 0.1) is 5.41 Å². The van der Waals surface area contributed by atoms with Crippen molar-refractivity contribution in [2.24, 2.45) is 5.41 Å². The van der Waals surface area contributed by atoms with Crippen molar-refractivity contribution in [3.63, 3.8) is 0 Å². The van der Waals surface area contributed by atoms with Crippen LogP contribution in [-0.2, 0) is 16.0 Å². The van der Waals surface area contributed by atoms with E-state index in [0.717, 1.165) is 13.8 Å². The Morgan fingerprint density at radius 2 is 1.73 bits per heavy atom. The van der Waals surface area contributed by atoms with E-state index in [0.29, 0.717) is 5.56 Å². The van der Waals surface area contributed by atoms with Crippen molar-refractivity contribution < 1.29 is 27.9 Å². The third-order valence-electron chi connectivity index (χ3n) is 3.29. The first kappa shape index (κ1) is 18.0. The smallest absolute Gasteiger partial charge is 0.394 e. The van der Waals surface area contributed by atoms with Gasteiger partial charge in [0.15, 0.2) is 0 Å². The number of carboxylic acids is 1. The highest BCUT2D eigenvalue weighted by Gasteiger charge is 2.48. The molecule has 4 nitrogen and oxygen atoms in total. The molecule has 0 bridgehead atoms. The predicted molar refractivity (Wildman–Crippen MR) is 74.2 cm³/mol. The van der Waals surface area contributed by atoms with Crippen LogP contribution in [-0.4, -0.2) is 29.2 Å². The van der Waals surface area contributed by atoms with Crippen molar-refractivity contribution in [3.05, 3.63) is 35.9 Å². The quantitative estimate of drug-likeness (QED) is 0.848. The molecule has 2 N–H and O–H groups in total. The van der Waals surface area contributed by atoms with E-state index in [9.17, 15) is 22.8 Å². The van der Waals surface area contributed by atoms with Gasteiger partial charge in [-0.25, -0.2) is 4.79 Å². The number of amides is 1. The molecule has 0 aliphatic rings. The summed E-state index contributed by atoms with van der Waals surface area (Å²) in [4.78, 5) is 22.9. The van der Waals surface area contributed by atoms with Gasteiger partial charge in [0.2, 0.25) is 5.91 Å². The lowest BCUT2D eigenvalue weighted by Crippen LogP contribution is -2.45. The standard InChI is InChI=1S/C15H18F3NO3/c1-14(2,15(16,17)18)9-12(20)19-11(13(21)22)8-10-6-4-3-5-7-10/h3-7,11H,8-9H2,1-2H3,(H,19,20)(H,21,22). The van der Waals surface area contributed by atoms with Crippen LogP contribution < -0.4 is 5.32 Å². The molecule has 0 aromatic heterocycles. The minimum atomic E-state index is -4.54. The van der Waals surface area contributed by atoms with Crippen LogP contribution in [0.4, 0.5) is 13.2 Å². The van der Waals surface area contributed by atoms with Gasteiger partial charge in [0.05, 0.1) is 5.41 Å². The molecule has 0 heterocycles. The Kier molecular flexibility index (Phi) is 5.57. The fourth-order valence-electron chi connectivity index (χ4n) is 1.80. The fourth-order valence-corrected chi connectivity index (χ4v) is 1.80. The van der Waals surface area contributed by atoms with Crippen molar-refractivity contribution in [1.29, 1.82) is 0 Å². The Morgan fingerprint density at radius 3 is 2.18 bits per heavy atom. The fraction of sp³-hybridized carbons (Fsp3) is 0.467. The number of rotatable bonds is 6. The van der Waals surface area contributed by atoms with Gasteiger partial charge < -0.3 is 10.4 Å². The van der Waals surface area contributed by atoms with Crippen molar-refractivity contribution >= 4 is 11.9 Å². The molecule has 122 valence electrons. The molecule has 1 unspecified atom stereocenters. The Hall–Kier alpha value is -2.05. The molecule has 1 amide bonds. The number of halogens is 3. The number of carbonyl (C=O) groups excluding carboxylic acids is 1. The van der Waals surface area contributed by atoms with Crippen LogP contribution >= 0.6 is 0 Å². The zero-order chi connectivity index (χ0) is 17.0. The Labute approximate surface area is 126 Å². The van der Waals surface area contributed by atoms with Gasteiger partial charge in [0, 0.05) is 12.8 Å². The molecule has 1 aromatic rings. The second kappa shape index (κ2) is 6.81. The van der Waals surface area contributed by atoms with Crippen molar-refractivity contribution in [3.8, 4) is 0 Å². The number of carboxylic acid groups (broad SMARTS) is 1. The van der Waals surface area contributed by atoms with Crippen molar-refractivity contribution in [2.75, 3.05) is 0 Å². The molecule has 1 aromatic carbocycles. The van der Waals surface area contributed by atoms with Gasteiger partial charge in [-0.15, -0.1) is 0 Å². The van der Waals surface area contributed by atoms with Crippen LogP contribution in [0.3, 0.4) is 0 Å². The minimum Gasteiger partial charge on any atom is -0.480 e. The van der Waals surface area contributed by atoms with Gasteiger partial charge >= 0.3 is 12.1 Å². The van der Waals surface area contributed by atoms with E-state index in [1.54, 1.807) is 30.3 Å². The lowest BCUT2D eigenvalue weighted by Gasteiger charge is -2.27. The summed E-state index contributed by atoms with van der Waals surface area (Å²) in [6.45, 7) is 1.80. The van der Waals surface area contributed by atoms with Gasteiger partial charge in [0.25, 0.3) is 0 Å². The Bertz CT molecular complexity index is 527. The van der Waals surface area contributed by atoms with Crippen LogP contribution in [0.5, 0.6) is 0 Å². The third-order valence-corrected chi connectivity index (χ3v) is 3.29. The summed E-state index contributed by atoms with van der Waals surface area (Å²) in [5.41, 5.74) is -1.54. The Morgan fingerprint density at radius 1 is 1.18 bits per heavy atom. The molecule has 22 heavy (non-hydrogen) atoms. The summed E-state index contributed by atoms with van der Waals surface area (Å²) in [6.07, 6.45) is -5.36. The van der Waals surface area contributed by atoms with E-state index >= 15 is 0 Å². The zero-order valence-corrected chi connectivity index (χ0v) is 12.3. The van der Waals surface area contributed by atoms with Gasteiger partial charge in [-0.1, -0.05) is 44.2 Å². The number of hydrogen-bond donors (Lipinski definition) is 2. The monoisotopic (exact) mass is 317 g/mol. The third kappa shape index (κ3) is 5.05. The number of benzene rings is 1. The van der Waals surface area contributed by atoms with Gasteiger partial charge in [-0.3, -0.25) is 4.79 Å². The lowest BCUT2D eigenvalue weighted by molar-refractivity contribution is -0.213. The van der Waals surface area contributed by atoms with Crippen LogP contribution in [0.2, 0.25) is 0 Å². The normalized spacial score (nSPS) is 13.5. The van der Waals surface area contributed by atoms with Gasteiger partial charge in [-0.05, 0) is 5.56 Å². The largest absolute Gasteiger partial charge is 0.480 e. The predicted octanol–water partition coefficient (Wildman–Crippen LogP) is 2.78. The van der Waals surface area contributed by atoms with E-state index in [4.69, 9.17) is 5.11 Å². The molecule has 0 spiro atoms. The summed E-state index contributed by atoms with van der Waals surface area (Å²) in [7, 11) is 0. The van der Waals surface area contributed by atoms with Gasteiger partial charge in [-0.2, -0.15) is 13.2 Å². The second-order valence-electron chi connectivity index (χ2n) is 5.71. The maximum atomic E-state index is 12.7. The molecule has 7 heteroatoms. The molecule has 0 aliphatic carbocycles. The summed E-state index contributed by atoms with van der Waals surface area (Å²) >= 11 is 0. The summed E-state index contributed by atoms with van der Waals surface area (Å²) in [5, 5.41) is 11.3. The van der Waals surface area contributed by atoms with E-state index in [-0.39, 0.29) is 6.42 Å². The van der Waals surface area contributed by atoms with Gasteiger partial charge in [0.1, 0.15) is 6.04 Å². The van der Waals surface area contributed by atoms with E-state index < -0.39 is 35.9 Å². The topological polar surface area (TPSA) is 66.4 Å². The maximum Gasteiger partial charge on any atom is 0.394 e. The summed E-state index contributed by atoms with van der Waals surface area (Å²) < 4.78 is 38.2. The van der Waals surface area contributed by atoms with Crippen LogP contribution in [0.25, 0.3) is 0 Å². The summed E-state index contributed by atoms with van der Waals surface area (Å²) in [6, 6.07) is 7.28. The lowest BCUT2D eigenvalue weighted by atomic mass is 9.88. The Balaban J connectivity index is 2.72. The average Bonchev–Trinajstić information content (AvgIpc) is 2.37. The van der Waals surface area contributed by atoms with E-state index in [2.05, 4.69) is 5.32 Å². The zero-order valence-electron chi connectivity index (χ0n) is 12.3. The number of carbonyl (C=O) groups is 2. The molecular formula is C15H18F3NO3. The molecule has 0 fully saturated rings. The van der Waals surface area contributed by atoms with E-state index in [1.807, 2.05) is 0 Å². The first-order valence-corrected chi connectivity index (χ1v) is 6.66. The summed E-state index contributed by atoms with van der Waals surface area (Å²) in [5.74, 6) is -2.23. The minimum absolute atomic E-state index is 0.00829. The first-order valence-electron chi connectivity index (χ1n) is 6.66. The van der Waals surface area contributed by atoms with Crippen molar-refractivity contribution in [2.45, 2.75) is 38.9 Å². The average molecular weight is 317 g/mol. The highest BCUT2D eigenvalue weighted by atomic mass is 19.4. The highest BCUT2D eigenvalue weighted by Crippen LogP contribution is 2.40. The molecule has 1 rings (SSSR count). The highest BCUT2D eigenvalue weighted by molar-refractivity contribution is 5.84. The second-order valence-corrected chi connectivity index (χ2v) is 5.71. The van der Waals surface area contributed by atoms with Crippen molar-refractivity contribution in [1.82, 2.24) is 5.32 Å². The molecule has 0 saturated heterocycles. The molecule has 0 aliphatic heterocycles. The molecule has 1 atom stereocenters.